The number of methoxy groups -OCH3 is 2. The zero-order valence-electron chi connectivity index (χ0n) is 19.1. The Morgan fingerprint density at radius 2 is 1.94 bits per heavy atom. The number of nitrogens with one attached hydrogen (secondary N) is 1. The number of thiazole rings is 1. The summed E-state index contributed by atoms with van der Waals surface area (Å²) >= 11 is 1.58. The quantitative estimate of drug-likeness (QED) is 0.304. The van der Waals surface area contributed by atoms with Gasteiger partial charge in [0.15, 0.2) is 5.13 Å². The molecule has 0 saturated carbocycles. The predicted octanol–water partition coefficient (Wildman–Crippen LogP) is 6.86. The second-order valence-corrected chi connectivity index (χ2v) is 8.78. The third-order valence-corrected chi connectivity index (χ3v) is 6.29. The van der Waals surface area contributed by atoms with Crippen LogP contribution in [-0.4, -0.2) is 25.2 Å². The van der Waals surface area contributed by atoms with Gasteiger partial charge in [0.05, 0.1) is 19.9 Å². The Labute approximate surface area is 194 Å². The van der Waals surface area contributed by atoms with Crippen LogP contribution in [0.25, 0.3) is 11.3 Å². The van der Waals surface area contributed by atoms with E-state index in [0.29, 0.717) is 12.3 Å². The zero-order chi connectivity index (χ0) is 22.8. The van der Waals surface area contributed by atoms with Crippen molar-refractivity contribution in [2.45, 2.75) is 45.4 Å². The van der Waals surface area contributed by atoms with E-state index in [1.54, 1.807) is 18.4 Å². The average molecular weight is 453 g/mol. The lowest BCUT2D eigenvalue weighted by atomic mass is 9.92. The van der Waals surface area contributed by atoms with Gasteiger partial charge >= 0.3 is 5.97 Å². The number of ether oxygens (including phenoxy) is 2. The molecule has 0 fully saturated rings. The predicted molar refractivity (Wildman–Crippen MR) is 132 cm³/mol. The zero-order valence-corrected chi connectivity index (χ0v) is 19.9. The molecule has 1 N–H and O–H groups in total. The molecule has 1 atom stereocenters. The normalized spacial score (nSPS) is 11.7. The van der Waals surface area contributed by atoms with E-state index >= 15 is 0 Å². The van der Waals surface area contributed by atoms with Gasteiger partial charge in [0.2, 0.25) is 0 Å². The van der Waals surface area contributed by atoms with Crippen molar-refractivity contribution >= 4 is 28.1 Å². The minimum Gasteiger partial charge on any atom is -0.497 e. The van der Waals surface area contributed by atoms with Crippen LogP contribution in [0, 0.1) is 5.92 Å². The van der Waals surface area contributed by atoms with Gasteiger partial charge in [0.25, 0.3) is 0 Å². The van der Waals surface area contributed by atoms with Gasteiger partial charge in [-0.2, -0.15) is 0 Å². The van der Waals surface area contributed by atoms with Crippen LogP contribution >= 0.6 is 11.3 Å². The fourth-order valence-electron chi connectivity index (χ4n) is 3.80. The van der Waals surface area contributed by atoms with Crippen LogP contribution in [0.3, 0.4) is 0 Å². The smallest absolute Gasteiger partial charge is 0.305 e. The van der Waals surface area contributed by atoms with Crippen molar-refractivity contribution in [1.29, 1.82) is 0 Å². The van der Waals surface area contributed by atoms with Crippen LogP contribution in [0.4, 0.5) is 10.8 Å². The molecule has 170 valence electrons. The van der Waals surface area contributed by atoms with Gasteiger partial charge in [0, 0.05) is 29.1 Å². The van der Waals surface area contributed by atoms with Gasteiger partial charge in [-0.25, -0.2) is 4.98 Å². The van der Waals surface area contributed by atoms with E-state index in [4.69, 9.17) is 14.5 Å². The Hall–Kier alpha value is -2.86. The van der Waals surface area contributed by atoms with Crippen molar-refractivity contribution in [3.05, 3.63) is 59.5 Å². The van der Waals surface area contributed by atoms with Crippen LogP contribution in [-0.2, 0) is 16.0 Å². The van der Waals surface area contributed by atoms with Crippen molar-refractivity contribution in [2.75, 3.05) is 19.5 Å². The standard InChI is InChI=1S/C26H32N2O3S/c1-4-7-20(16-25(29)31-3)9-5-8-19-12-14-21(15-13-19)24-18-32-26(28-24)27-22-10-6-11-23(17-22)30-2/h6,10-15,17-18,20H,4-5,7-9,16H2,1-3H3,(H,27,28)/t20-/m1/s1. The van der Waals surface area contributed by atoms with Crippen LogP contribution in [0.1, 0.15) is 44.6 Å². The maximum Gasteiger partial charge on any atom is 0.305 e. The molecule has 2 aromatic carbocycles. The van der Waals surface area contributed by atoms with Gasteiger partial charge in [-0.1, -0.05) is 50.1 Å². The number of carbonyl (C=O) groups excluding carboxylic acids is 1. The number of hydrogen-bond donors (Lipinski definition) is 1. The molecule has 0 bridgehead atoms. The summed E-state index contributed by atoms with van der Waals surface area (Å²) in [5.41, 5.74) is 4.34. The topological polar surface area (TPSA) is 60.5 Å². The summed E-state index contributed by atoms with van der Waals surface area (Å²) < 4.78 is 10.1. The highest BCUT2D eigenvalue weighted by atomic mass is 32.1. The Kier molecular flexibility index (Phi) is 9.11. The molecule has 6 heteroatoms. The van der Waals surface area contributed by atoms with E-state index in [1.807, 2.05) is 24.3 Å². The van der Waals surface area contributed by atoms with Crippen molar-refractivity contribution in [3.63, 3.8) is 0 Å². The summed E-state index contributed by atoms with van der Waals surface area (Å²) in [5.74, 6) is 1.13. The second-order valence-electron chi connectivity index (χ2n) is 7.92. The van der Waals surface area contributed by atoms with Gasteiger partial charge in [-0.3, -0.25) is 4.79 Å². The second kappa shape index (κ2) is 12.2. The van der Waals surface area contributed by atoms with E-state index in [-0.39, 0.29) is 5.97 Å². The summed E-state index contributed by atoms with van der Waals surface area (Å²) in [6.07, 6.45) is 5.84. The molecule has 0 aliphatic heterocycles. The average Bonchev–Trinajstić information content (AvgIpc) is 3.28. The molecule has 0 unspecified atom stereocenters. The third kappa shape index (κ3) is 7.09. The maximum absolute atomic E-state index is 11.6. The lowest BCUT2D eigenvalue weighted by Gasteiger charge is -2.14. The van der Waals surface area contributed by atoms with Crippen LogP contribution in [0.2, 0.25) is 0 Å². The molecule has 0 aliphatic carbocycles. The lowest BCUT2D eigenvalue weighted by molar-refractivity contribution is -0.141. The summed E-state index contributed by atoms with van der Waals surface area (Å²) in [5, 5.41) is 6.26. The van der Waals surface area contributed by atoms with Crippen molar-refractivity contribution in [2.24, 2.45) is 5.92 Å². The number of esters is 1. The van der Waals surface area contributed by atoms with Crippen LogP contribution in [0.5, 0.6) is 5.75 Å². The molecule has 0 aliphatic rings. The van der Waals surface area contributed by atoms with E-state index in [1.165, 1.54) is 12.7 Å². The summed E-state index contributed by atoms with van der Waals surface area (Å²) in [7, 11) is 3.13. The molecular weight excluding hydrogens is 420 g/mol. The first-order valence-electron chi connectivity index (χ1n) is 11.1. The first kappa shape index (κ1) is 23.8. The molecular formula is C26H32N2O3S. The summed E-state index contributed by atoms with van der Waals surface area (Å²) in [4.78, 5) is 16.3. The number of aryl methyl sites for hydroxylation is 1. The van der Waals surface area contributed by atoms with Gasteiger partial charge < -0.3 is 14.8 Å². The Balaban J connectivity index is 1.53. The fraction of sp³-hybridized carbons (Fsp3) is 0.385. The van der Waals surface area contributed by atoms with E-state index < -0.39 is 0 Å². The van der Waals surface area contributed by atoms with Crippen molar-refractivity contribution in [3.8, 4) is 17.0 Å². The number of rotatable bonds is 12. The van der Waals surface area contributed by atoms with E-state index in [0.717, 1.165) is 59.9 Å². The molecule has 1 aromatic heterocycles. The number of benzene rings is 2. The number of aromatic nitrogens is 1. The molecule has 3 rings (SSSR count). The SMILES string of the molecule is CCC[C@H](CCCc1ccc(-c2csc(Nc3cccc(OC)c3)n2)cc1)CC(=O)OC. The summed E-state index contributed by atoms with van der Waals surface area (Å²) in [6, 6.07) is 16.4. The number of anilines is 2. The molecule has 5 nitrogen and oxygen atoms in total. The lowest BCUT2D eigenvalue weighted by Crippen LogP contribution is -2.10. The Morgan fingerprint density at radius 3 is 2.66 bits per heavy atom. The number of nitrogens with zero attached hydrogens (tertiary/aromatic N) is 1. The minimum absolute atomic E-state index is 0.101. The Morgan fingerprint density at radius 1 is 1.12 bits per heavy atom. The molecule has 0 amide bonds. The monoisotopic (exact) mass is 452 g/mol. The third-order valence-electron chi connectivity index (χ3n) is 5.53. The summed E-state index contributed by atoms with van der Waals surface area (Å²) in [6.45, 7) is 2.17. The van der Waals surface area contributed by atoms with Crippen molar-refractivity contribution < 1.29 is 14.3 Å². The fourth-order valence-corrected chi connectivity index (χ4v) is 4.54. The highest BCUT2D eigenvalue weighted by Crippen LogP contribution is 2.29. The molecule has 3 aromatic rings. The Bertz CT molecular complexity index is 985. The van der Waals surface area contributed by atoms with E-state index in [9.17, 15) is 4.79 Å². The van der Waals surface area contributed by atoms with E-state index in [2.05, 4.69) is 41.9 Å². The maximum atomic E-state index is 11.6. The highest BCUT2D eigenvalue weighted by Gasteiger charge is 2.13. The molecule has 0 radical (unpaired) electrons. The molecule has 32 heavy (non-hydrogen) atoms. The largest absolute Gasteiger partial charge is 0.497 e. The van der Waals surface area contributed by atoms with Gasteiger partial charge in [-0.05, 0) is 42.9 Å². The van der Waals surface area contributed by atoms with Gasteiger partial charge in [-0.15, -0.1) is 11.3 Å². The number of carbonyl (C=O) groups is 1. The van der Waals surface area contributed by atoms with Gasteiger partial charge in [0.1, 0.15) is 5.75 Å². The molecule has 0 spiro atoms. The highest BCUT2D eigenvalue weighted by molar-refractivity contribution is 7.14. The first-order valence-corrected chi connectivity index (χ1v) is 12.0. The van der Waals surface area contributed by atoms with Crippen molar-refractivity contribution in [1.82, 2.24) is 4.98 Å². The molecule has 0 saturated heterocycles. The molecule has 1 heterocycles. The van der Waals surface area contributed by atoms with Crippen LogP contribution < -0.4 is 10.1 Å². The first-order chi connectivity index (χ1) is 15.6. The minimum atomic E-state index is -0.101. The van der Waals surface area contributed by atoms with Crippen LogP contribution in [0.15, 0.2) is 53.9 Å². The number of hydrogen-bond acceptors (Lipinski definition) is 6.